The van der Waals surface area contributed by atoms with E-state index >= 15 is 0 Å². The van der Waals surface area contributed by atoms with Gasteiger partial charge in [-0.25, -0.2) is 4.79 Å². The molecule has 1 atom stereocenters. The van der Waals surface area contributed by atoms with Crippen molar-refractivity contribution in [3.63, 3.8) is 0 Å². The molecule has 0 spiro atoms. The van der Waals surface area contributed by atoms with Crippen molar-refractivity contribution in [2.75, 3.05) is 7.11 Å². The molecule has 0 aliphatic carbocycles. The van der Waals surface area contributed by atoms with E-state index in [2.05, 4.69) is 4.74 Å². The van der Waals surface area contributed by atoms with E-state index in [0.29, 0.717) is 4.88 Å². The van der Waals surface area contributed by atoms with Gasteiger partial charge in [0.2, 0.25) is 0 Å². The first-order valence-electron chi connectivity index (χ1n) is 4.56. The third kappa shape index (κ3) is 3.12. The summed E-state index contributed by atoms with van der Waals surface area (Å²) in [6, 6.07) is 3.96. The number of ether oxygens (including phenoxy) is 1. The fourth-order valence-electron chi connectivity index (χ4n) is 1.09. The van der Waals surface area contributed by atoms with Gasteiger partial charge in [-0.1, -0.05) is 0 Å². The zero-order chi connectivity index (χ0) is 10.6. The number of carbonyl (C=O) groups is 1. The lowest BCUT2D eigenvalue weighted by atomic mass is 10.2. The first-order chi connectivity index (χ1) is 6.63. The van der Waals surface area contributed by atoms with Gasteiger partial charge >= 0.3 is 5.97 Å². The van der Waals surface area contributed by atoms with Crippen LogP contribution in [0.5, 0.6) is 0 Å². The maximum absolute atomic E-state index is 11.1. The van der Waals surface area contributed by atoms with Crippen LogP contribution in [-0.2, 0) is 11.2 Å². The van der Waals surface area contributed by atoms with E-state index in [-0.39, 0.29) is 12.0 Å². The highest BCUT2D eigenvalue weighted by molar-refractivity contribution is 7.13. The molecule has 78 valence electrons. The van der Waals surface area contributed by atoms with Gasteiger partial charge < -0.3 is 10.5 Å². The molecule has 0 fully saturated rings. The second-order valence-corrected chi connectivity index (χ2v) is 4.44. The van der Waals surface area contributed by atoms with Crippen LogP contribution in [0.1, 0.15) is 27.9 Å². The average molecular weight is 213 g/mol. The number of methoxy groups -OCH3 is 1. The molecular formula is C10H15NO2S. The molecule has 0 amide bonds. The van der Waals surface area contributed by atoms with Crippen molar-refractivity contribution in [2.24, 2.45) is 5.73 Å². The average Bonchev–Trinajstić information content (AvgIpc) is 2.62. The highest BCUT2D eigenvalue weighted by Crippen LogP contribution is 2.19. The van der Waals surface area contributed by atoms with Crippen molar-refractivity contribution in [1.29, 1.82) is 0 Å². The fourth-order valence-corrected chi connectivity index (χ4v) is 2.03. The molecule has 0 bridgehead atoms. The lowest BCUT2D eigenvalue weighted by Crippen LogP contribution is -2.14. The van der Waals surface area contributed by atoms with Crippen LogP contribution in [0.3, 0.4) is 0 Å². The second-order valence-electron chi connectivity index (χ2n) is 3.27. The maximum atomic E-state index is 11.1. The molecule has 1 aromatic heterocycles. The Morgan fingerprint density at radius 3 is 2.93 bits per heavy atom. The van der Waals surface area contributed by atoms with Gasteiger partial charge in [0.1, 0.15) is 4.88 Å². The highest BCUT2D eigenvalue weighted by atomic mass is 32.1. The van der Waals surface area contributed by atoms with Crippen molar-refractivity contribution >= 4 is 17.3 Å². The molecule has 0 aliphatic heterocycles. The third-order valence-corrected chi connectivity index (χ3v) is 3.02. The molecule has 2 N–H and O–H groups in total. The Morgan fingerprint density at radius 2 is 2.36 bits per heavy atom. The van der Waals surface area contributed by atoms with Gasteiger partial charge in [-0.2, -0.15) is 0 Å². The van der Waals surface area contributed by atoms with Gasteiger partial charge in [-0.15, -0.1) is 11.3 Å². The molecule has 0 aromatic carbocycles. The van der Waals surface area contributed by atoms with Crippen LogP contribution in [0, 0.1) is 0 Å². The normalized spacial score (nSPS) is 12.5. The van der Waals surface area contributed by atoms with Crippen molar-refractivity contribution in [1.82, 2.24) is 0 Å². The molecule has 3 nitrogen and oxygen atoms in total. The van der Waals surface area contributed by atoms with E-state index in [1.54, 1.807) is 6.07 Å². The van der Waals surface area contributed by atoms with Crippen LogP contribution in [0.15, 0.2) is 12.1 Å². The summed E-state index contributed by atoms with van der Waals surface area (Å²) in [4.78, 5) is 13.0. The Morgan fingerprint density at radius 1 is 1.64 bits per heavy atom. The summed E-state index contributed by atoms with van der Waals surface area (Å²) in [5, 5.41) is 0. The zero-order valence-electron chi connectivity index (χ0n) is 8.45. The molecule has 0 saturated heterocycles. The van der Waals surface area contributed by atoms with Crippen molar-refractivity contribution in [2.45, 2.75) is 25.8 Å². The Kier molecular flexibility index (Phi) is 4.10. The summed E-state index contributed by atoms with van der Waals surface area (Å²) in [5.74, 6) is -0.262. The molecular weight excluding hydrogens is 198 g/mol. The molecule has 0 radical (unpaired) electrons. The first-order valence-corrected chi connectivity index (χ1v) is 5.37. The van der Waals surface area contributed by atoms with Crippen LogP contribution in [0.4, 0.5) is 0 Å². The number of carbonyl (C=O) groups excluding carboxylic acids is 1. The van der Waals surface area contributed by atoms with Crippen LogP contribution >= 0.6 is 11.3 Å². The molecule has 0 unspecified atom stereocenters. The summed E-state index contributed by atoms with van der Waals surface area (Å²) in [6.07, 6.45) is 1.88. The van der Waals surface area contributed by atoms with Crippen LogP contribution in [0.2, 0.25) is 0 Å². The molecule has 1 rings (SSSR count). The van der Waals surface area contributed by atoms with Crippen LogP contribution in [-0.4, -0.2) is 19.1 Å². The predicted octanol–water partition coefficient (Wildman–Crippen LogP) is 1.81. The van der Waals surface area contributed by atoms with Gasteiger partial charge in [0.25, 0.3) is 0 Å². The molecule has 0 aliphatic rings. The summed E-state index contributed by atoms with van der Waals surface area (Å²) >= 11 is 1.48. The largest absolute Gasteiger partial charge is 0.465 e. The van der Waals surface area contributed by atoms with E-state index in [0.717, 1.165) is 12.8 Å². The third-order valence-electron chi connectivity index (χ3n) is 1.89. The smallest absolute Gasteiger partial charge is 0.348 e. The van der Waals surface area contributed by atoms with E-state index in [9.17, 15) is 4.79 Å². The lowest BCUT2D eigenvalue weighted by molar-refractivity contribution is 0.0606. The number of esters is 1. The molecule has 1 heterocycles. The van der Waals surface area contributed by atoms with Gasteiger partial charge in [0, 0.05) is 10.9 Å². The Hall–Kier alpha value is -0.870. The highest BCUT2D eigenvalue weighted by Gasteiger charge is 2.08. The van der Waals surface area contributed by atoms with Gasteiger partial charge in [0.05, 0.1) is 7.11 Å². The fraction of sp³-hybridized carbons (Fsp3) is 0.500. The predicted molar refractivity (Wildman–Crippen MR) is 57.6 cm³/mol. The lowest BCUT2D eigenvalue weighted by Gasteiger charge is -2.01. The minimum absolute atomic E-state index is 0.207. The number of hydrogen-bond donors (Lipinski definition) is 1. The second kappa shape index (κ2) is 5.12. The summed E-state index contributed by atoms with van der Waals surface area (Å²) in [6.45, 7) is 1.98. The summed E-state index contributed by atoms with van der Waals surface area (Å²) in [7, 11) is 1.39. The number of hydrogen-bond acceptors (Lipinski definition) is 4. The van der Waals surface area contributed by atoms with Crippen molar-refractivity contribution in [3.8, 4) is 0 Å². The Balaban J connectivity index is 2.55. The number of rotatable bonds is 4. The maximum Gasteiger partial charge on any atom is 0.348 e. The number of thiophene rings is 1. The number of nitrogens with two attached hydrogens (primary N) is 1. The Labute approximate surface area is 87.9 Å². The van der Waals surface area contributed by atoms with Gasteiger partial charge in [0.15, 0.2) is 0 Å². The molecule has 4 heteroatoms. The standard InChI is InChI=1S/C10H15NO2S/c1-7(11)3-4-8-5-6-9(14-8)10(12)13-2/h5-7H,3-4,11H2,1-2H3/t7-/m1/s1. The van der Waals surface area contributed by atoms with Gasteiger partial charge in [-0.3, -0.25) is 0 Å². The Bertz CT molecular complexity index is 307. The van der Waals surface area contributed by atoms with Crippen molar-refractivity contribution in [3.05, 3.63) is 21.9 Å². The SMILES string of the molecule is COC(=O)c1ccc(CC[C@@H](C)N)s1. The van der Waals surface area contributed by atoms with E-state index in [4.69, 9.17) is 5.73 Å². The topological polar surface area (TPSA) is 52.3 Å². The van der Waals surface area contributed by atoms with Gasteiger partial charge in [-0.05, 0) is 31.9 Å². The molecule has 14 heavy (non-hydrogen) atoms. The van der Waals surface area contributed by atoms with E-state index < -0.39 is 0 Å². The molecule has 1 aromatic rings. The van der Waals surface area contributed by atoms with E-state index in [1.807, 2.05) is 13.0 Å². The zero-order valence-corrected chi connectivity index (χ0v) is 9.26. The summed E-state index contributed by atoms with van der Waals surface area (Å²) in [5.41, 5.74) is 5.65. The number of aryl methyl sites for hydroxylation is 1. The summed E-state index contributed by atoms with van der Waals surface area (Å²) < 4.78 is 4.62. The van der Waals surface area contributed by atoms with Crippen molar-refractivity contribution < 1.29 is 9.53 Å². The van der Waals surface area contributed by atoms with Crippen LogP contribution < -0.4 is 5.73 Å². The van der Waals surface area contributed by atoms with Crippen LogP contribution in [0.25, 0.3) is 0 Å². The minimum Gasteiger partial charge on any atom is -0.465 e. The van der Waals surface area contributed by atoms with E-state index in [1.165, 1.54) is 23.3 Å². The quantitative estimate of drug-likeness (QED) is 0.776. The monoisotopic (exact) mass is 213 g/mol. The molecule has 0 saturated carbocycles. The minimum atomic E-state index is -0.262. The first kappa shape index (κ1) is 11.2.